The Hall–Kier alpha value is -1.85. The van der Waals surface area contributed by atoms with E-state index in [1.165, 1.54) is 6.33 Å². The summed E-state index contributed by atoms with van der Waals surface area (Å²) < 4.78 is 1.64. The molecule has 2 atom stereocenters. The molecule has 0 saturated heterocycles. The van der Waals surface area contributed by atoms with Gasteiger partial charge >= 0.3 is 0 Å². The molecule has 0 bridgehead atoms. The predicted octanol–water partition coefficient (Wildman–Crippen LogP) is 1.10. The van der Waals surface area contributed by atoms with E-state index in [2.05, 4.69) is 4.98 Å². The molecule has 0 amide bonds. The van der Waals surface area contributed by atoms with Crippen molar-refractivity contribution >= 4 is 0 Å². The second kappa shape index (κ2) is 4.34. The zero-order chi connectivity index (χ0) is 11.5. The molecule has 1 heterocycles. The van der Waals surface area contributed by atoms with E-state index in [0.29, 0.717) is 0 Å². The third-order valence-electron chi connectivity index (χ3n) is 3.06. The van der Waals surface area contributed by atoms with Crippen molar-refractivity contribution in [1.29, 1.82) is 10.5 Å². The Bertz CT molecular complexity index is 465. The van der Waals surface area contributed by atoms with Crippen LogP contribution in [0.15, 0.2) is 6.33 Å². The fraction of sp³-hybridized carbons (Fsp3) is 0.545. The van der Waals surface area contributed by atoms with Crippen LogP contribution in [-0.4, -0.2) is 20.8 Å². The first kappa shape index (κ1) is 10.7. The number of aliphatic hydroxyl groups excluding tert-OH is 1. The number of rotatable bonds is 1. The standard InChI is InChI=1S/C11H12N4O/c12-5-8-10(6-13)15(7-14-8)9-3-1-2-4-11(9)16/h7,9,11,16H,1-4H2/t9-,11-/m0/s1. The molecule has 1 aromatic heterocycles. The Balaban J connectivity index is 2.37. The summed E-state index contributed by atoms with van der Waals surface area (Å²) >= 11 is 0. The van der Waals surface area contributed by atoms with Crippen molar-refractivity contribution in [3.63, 3.8) is 0 Å². The van der Waals surface area contributed by atoms with Crippen molar-refractivity contribution in [1.82, 2.24) is 9.55 Å². The van der Waals surface area contributed by atoms with Gasteiger partial charge in [-0.15, -0.1) is 0 Å². The first-order valence-electron chi connectivity index (χ1n) is 5.33. The van der Waals surface area contributed by atoms with E-state index >= 15 is 0 Å². The average molecular weight is 216 g/mol. The summed E-state index contributed by atoms with van der Waals surface area (Å²) in [5, 5.41) is 27.7. The largest absolute Gasteiger partial charge is 0.391 e. The van der Waals surface area contributed by atoms with Gasteiger partial charge in [0, 0.05) is 0 Å². The Morgan fingerprint density at radius 3 is 2.69 bits per heavy atom. The highest BCUT2D eigenvalue weighted by Gasteiger charge is 2.27. The van der Waals surface area contributed by atoms with Gasteiger partial charge in [0.1, 0.15) is 12.1 Å². The van der Waals surface area contributed by atoms with Crippen LogP contribution < -0.4 is 0 Å². The van der Waals surface area contributed by atoms with Crippen molar-refractivity contribution in [2.45, 2.75) is 37.8 Å². The third-order valence-corrected chi connectivity index (χ3v) is 3.06. The smallest absolute Gasteiger partial charge is 0.176 e. The Morgan fingerprint density at radius 1 is 1.31 bits per heavy atom. The van der Waals surface area contributed by atoms with Crippen molar-refractivity contribution in [3.05, 3.63) is 17.7 Å². The molecule has 5 nitrogen and oxygen atoms in total. The zero-order valence-electron chi connectivity index (χ0n) is 8.80. The quantitative estimate of drug-likeness (QED) is 0.761. The van der Waals surface area contributed by atoms with Gasteiger partial charge in [-0.3, -0.25) is 0 Å². The molecule has 82 valence electrons. The van der Waals surface area contributed by atoms with Gasteiger partial charge in [0.05, 0.1) is 18.5 Å². The van der Waals surface area contributed by atoms with Crippen molar-refractivity contribution in [2.75, 3.05) is 0 Å². The number of nitriles is 2. The number of nitrogens with zero attached hydrogens (tertiary/aromatic N) is 4. The maximum atomic E-state index is 9.88. The molecule has 1 saturated carbocycles. The summed E-state index contributed by atoms with van der Waals surface area (Å²) in [7, 11) is 0. The highest BCUT2D eigenvalue weighted by Crippen LogP contribution is 2.30. The van der Waals surface area contributed by atoms with Gasteiger partial charge in [0.25, 0.3) is 0 Å². The van der Waals surface area contributed by atoms with Crippen molar-refractivity contribution < 1.29 is 5.11 Å². The summed E-state index contributed by atoms with van der Waals surface area (Å²) in [6, 6.07) is 3.75. The van der Waals surface area contributed by atoms with Gasteiger partial charge in [-0.2, -0.15) is 10.5 Å². The first-order chi connectivity index (χ1) is 7.77. The van der Waals surface area contributed by atoms with E-state index in [4.69, 9.17) is 10.5 Å². The Morgan fingerprint density at radius 2 is 2.06 bits per heavy atom. The molecular weight excluding hydrogens is 204 g/mol. The molecule has 1 fully saturated rings. The number of aliphatic hydroxyl groups is 1. The van der Waals surface area contributed by atoms with Crippen LogP contribution in [0.2, 0.25) is 0 Å². The lowest BCUT2D eigenvalue weighted by molar-refractivity contribution is 0.0750. The zero-order valence-corrected chi connectivity index (χ0v) is 8.80. The van der Waals surface area contributed by atoms with Gasteiger partial charge in [0.2, 0.25) is 0 Å². The van der Waals surface area contributed by atoms with Gasteiger partial charge < -0.3 is 9.67 Å². The number of imidazole rings is 1. The molecule has 1 N–H and O–H groups in total. The van der Waals surface area contributed by atoms with Crippen LogP contribution in [0.25, 0.3) is 0 Å². The van der Waals surface area contributed by atoms with Crippen LogP contribution in [0.5, 0.6) is 0 Å². The minimum absolute atomic E-state index is 0.113. The summed E-state index contributed by atoms with van der Waals surface area (Å²) in [6.07, 6.45) is 4.66. The normalized spacial score (nSPS) is 24.7. The number of aromatic nitrogens is 2. The van der Waals surface area contributed by atoms with Gasteiger partial charge in [-0.1, -0.05) is 12.8 Å². The molecule has 1 aliphatic rings. The molecule has 0 aliphatic heterocycles. The molecule has 5 heteroatoms. The second-order valence-corrected chi connectivity index (χ2v) is 3.99. The molecule has 0 unspecified atom stereocenters. The number of hydrogen-bond acceptors (Lipinski definition) is 4. The van der Waals surface area contributed by atoms with Gasteiger partial charge in [-0.05, 0) is 12.8 Å². The van der Waals surface area contributed by atoms with Crippen molar-refractivity contribution in [2.24, 2.45) is 0 Å². The van der Waals surface area contributed by atoms with Crippen LogP contribution in [0.1, 0.15) is 43.1 Å². The van der Waals surface area contributed by atoms with E-state index in [9.17, 15) is 5.11 Å². The number of hydrogen-bond donors (Lipinski definition) is 1. The molecule has 2 rings (SSSR count). The highest BCUT2D eigenvalue weighted by molar-refractivity contribution is 5.36. The summed E-state index contributed by atoms with van der Waals surface area (Å²) in [4.78, 5) is 3.88. The van der Waals surface area contributed by atoms with Crippen LogP contribution in [0.4, 0.5) is 0 Å². The lowest BCUT2D eigenvalue weighted by Crippen LogP contribution is -2.27. The van der Waals surface area contributed by atoms with Crippen LogP contribution in [0.3, 0.4) is 0 Å². The maximum absolute atomic E-state index is 9.88. The van der Waals surface area contributed by atoms with E-state index in [0.717, 1.165) is 25.7 Å². The molecule has 0 aromatic carbocycles. The van der Waals surface area contributed by atoms with E-state index < -0.39 is 6.10 Å². The molecule has 0 spiro atoms. The highest BCUT2D eigenvalue weighted by atomic mass is 16.3. The van der Waals surface area contributed by atoms with Crippen LogP contribution in [-0.2, 0) is 0 Å². The molecule has 1 aromatic rings. The van der Waals surface area contributed by atoms with E-state index in [1.54, 1.807) is 4.57 Å². The molecular formula is C11H12N4O. The van der Waals surface area contributed by atoms with Gasteiger partial charge in [-0.25, -0.2) is 4.98 Å². The van der Waals surface area contributed by atoms with Crippen LogP contribution >= 0.6 is 0 Å². The first-order valence-corrected chi connectivity index (χ1v) is 5.33. The molecule has 1 aliphatic carbocycles. The van der Waals surface area contributed by atoms with Crippen molar-refractivity contribution in [3.8, 4) is 12.1 Å². The SMILES string of the molecule is N#Cc1ncn([C@H]2CCCC[C@@H]2O)c1C#N. The summed E-state index contributed by atoms with van der Waals surface area (Å²) in [5.41, 5.74) is 0.397. The second-order valence-electron chi connectivity index (χ2n) is 3.99. The molecule has 16 heavy (non-hydrogen) atoms. The fourth-order valence-corrected chi connectivity index (χ4v) is 2.22. The summed E-state index contributed by atoms with van der Waals surface area (Å²) in [6.45, 7) is 0. The van der Waals surface area contributed by atoms with Crippen LogP contribution in [0, 0.1) is 22.7 Å². The Labute approximate surface area is 93.6 Å². The minimum atomic E-state index is -0.443. The molecule has 0 radical (unpaired) electrons. The Kier molecular flexibility index (Phi) is 2.89. The predicted molar refractivity (Wildman–Crippen MR) is 55.2 cm³/mol. The minimum Gasteiger partial charge on any atom is -0.391 e. The average Bonchev–Trinajstić information content (AvgIpc) is 2.72. The van der Waals surface area contributed by atoms with E-state index in [1.807, 2.05) is 12.1 Å². The summed E-state index contributed by atoms with van der Waals surface area (Å²) in [5.74, 6) is 0. The monoisotopic (exact) mass is 216 g/mol. The topological polar surface area (TPSA) is 85.6 Å². The maximum Gasteiger partial charge on any atom is 0.176 e. The lowest BCUT2D eigenvalue weighted by Gasteiger charge is -2.28. The fourth-order valence-electron chi connectivity index (χ4n) is 2.22. The lowest BCUT2D eigenvalue weighted by atomic mass is 9.92. The van der Waals surface area contributed by atoms with Gasteiger partial charge in [0.15, 0.2) is 11.4 Å². The van der Waals surface area contributed by atoms with E-state index in [-0.39, 0.29) is 17.4 Å². The third kappa shape index (κ3) is 1.66.